The first-order valence-corrected chi connectivity index (χ1v) is 4.80. The van der Waals surface area contributed by atoms with Gasteiger partial charge in [0.05, 0.1) is 0 Å². The Morgan fingerprint density at radius 3 is 1.62 bits per heavy atom. The first kappa shape index (κ1) is 9.79. The Balaban J connectivity index is 2.49. The second-order valence-electron chi connectivity index (χ2n) is 2.91. The van der Waals surface area contributed by atoms with E-state index in [1.54, 1.807) is 0 Å². The highest BCUT2D eigenvalue weighted by atomic mass is 13.8. The van der Waals surface area contributed by atoms with Crippen molar-refractivity contribution in [3.63, 3.8) is 0 Å². The molecule has 0 aliphatic heterocycles. The van der Waals surface area contributed by atoms with Gasteiger partial charge in [0, 0.05) is 0 Å². The van der Waals surface area contributed by atoms with E-state index in [0.717, 1.165) is 19.3 Å². The summed E-state index contributed by atoms with van der Waals surface area (Å²) in [6.07, 6.45) is 24.5. The van der Waals surface area contributed by atoms with Crippen LogP contribution in [0.3, 0.4) is 0 Å². The SMILES string of the molecule is C1=CC/C=C/C=C\C=C\CCC=C1. The van der Waals surface area contributed by atoms with E-state index in [1.807, 2.05) is 0 Å². The average molecular weight is 172 g/mol. The van der Waals surface area contributed by atoms with Gasteiger partial charge < -0.3 is 0 Å². The minimum atomic E-state index is 1.01. The van der Waals surface area contributed by atoms with Gasteiger partial charge in [0.2, 0.25) is 0 Å². The molecule has 13 heavy (non-hydrogen) atoms. The molecular formula is C13H16. The van der Waals surface area contributed by atoms with E-state index in [-0.39, 0.29) is 0 Å². The zero-order valence-electron chi connectivity index (χ0n) is 7.89. The average Bonchev–Trinajstić information content (AvgIpc) is 2.18. The van der Waals surface area contributed by atoms with Crippen LogP contribution in [0.5, 0.6) is 0 Å². The van der Waals surface area contributed by atoms with Crippen molar-refractivity contribution in [2.45, 2.75) is 19.3 Å². The van der Waals surface area contributed by atoms with Crippen molar-refractivity contribution >= 4 is 0 Å². The van der Waals surface area contributed by atoms with Gasteiger partial charge in [0.15, 0.2) is 0 Å². The molecule has 0 aromatic carbocycles. The highest BCUT2D eigenvalue weighted by Gasteiger charge is 1.75. The van der Waals surface area contributed by atoms with E-state index in [2.05, 4.69) is 60.8 Å². The zero-order chi connectivity index (χ0) is 9.19. The number of hydrogen-bond acceptors (Lipinski definition) is 0. The fraction of sp³-hybridized carbons (Fsp3) is 0.231. The van der Waals surface area contributed by atoms with Crippen molar-refractivity contribution in [3.05, 3.63) is 60.8 Å². The molecule has 0 aromatic rings. The summed E-state index contributed by atoms with van der Waals surface area (Å²) in [7, 11) is 0. The standard InChI is InChI=1S/C13H16/c1-2-4-6-8-10-12-13-11-9-7-5-3-1/h1-6,9,11-13H,7-8,10H2/b2-1-,5-3+,6-4+,11-9?,13-12?. The van der Waals surface area contributed by atoms with Crippen LogP contribution in [-0.4, -0.2) is 0 Å². The molecule has 0 spiro atoms. The monoisotopic (exact) mass is 172 g/mol. The summed E-state index contributed by atoms with van der Waals surface area (Å²) in [5, 5.41) is 0. The summed E-state index contributed by atoms with van der Waals surface area (Å²) in [5.74, 6) is 0. The minimum absolute atomic E-state index is 1.01. The lowest BCUT2D eigenvalue weighted by Gasteiger charge is -1.83. The molecule has 0 radical (unpaired) electrons. The van der Waals surface area contributed by atoms with Crippen LogP contribution < -0.4 is 0 Å². The fourth-order valence-corrected chi connectivity index (χ4v) is 1.06. The van der Waals surface area contributed by atoms with Crippen molar-refractivity contribution in [1.29, 1.82) is 0 Å². The maximum absolute atomic E-state index is 2.20. The van der Waals surface area contributed by atoms with E-state index in [0.29, 0.717) is 0 Å². The molecular weight excluding hydrogens is 156 g/mol. The Labute approximate surface area is 80.7 Å². The van der Waals surface area contributed by atoms with Crippen LogP contribution in [0.2, 0.25) is 0 Å². The van der Waals surface area contributed by atoms with Gasteiger partial charge in [-0.3, -0.25) is 0 Å². The molecule has 0 heterocycles. The predicted molar refractivity (Wildman–Crippen MR) is 59.6 cm³/mol. The molecule has 0 nitrogen and oxygen atoms in total. The van der Waals surface area contributed by atoms with Crippen LogP contribution in [-0.2, 0) is 0 Å². The van der Waals surface area contributed by atoms with Crippen LogP contribution in [0.4, 0.5) is 0 Å². The third-order valence-electron chi connectivity index (χ3n) is 1.76. The molecule has 1 rings (SSSR count). The second-order valence-corrected chi connectivity index (χ2v) is 2.91. The van der Waals surface area contributed by atoms with E-state index >= 15 is 0 Å². The van der Waals surface area contributed by atoms with Gasteiger partial charge in [0.1, 0.15) is 0 Å². The fourth-order valence-electron chi connectivity index (χ4n) is 1.06. The molecule has 0 heteroatoms. The van der Waals surface area contributed by atoms with Crippen LogP contribution in [0.1, 0.15) is 19.3 Å². The lowest BCUT2D eigenvalue weighted by atomic mass is 10.2. The topological polar surface area (TPSA) is 0 Å². The Hall–Kier alpha value is -1.30. The summed E-state index contributed by atoms with van der Waals surface area (Å²) in [6, 6.07) is 0. The highest BCUT2D eigenvalue weighted by Crippen LogP contribution is 1.96. The Morgan fingerprint density at radius 2 is 0.923 bits per heavy atom. The minimum Gasteiger partial charge on any atom is -0.0842 e. The van der Waals surface area contributed by atoms with Gasteiger partial charge in [0.25, 0.3) is 0 Å². The molecule has 0 aromatic heterocycles. The summed E-state index contributed by atoms with van der Waals surface area (Å²) >= 11 is 0. The third-order valence-corrected chi connectivity index (χ3v) is 1.76. The van der Waals surface area contributed by atoms with Gasteiger partial charge in [-0.05, 0) is 19.3 Å². The number of allylic oxidation sites excluding steroid dienone is 10. The molecule has 1 aliphatic rings. The smallest absolute Gasteiger partial charge is 0.0163 e. The van der Waals surface area contributed by atoms with E-state index < -0.39 is 0 Å². The van der Waals surface area contributed by atoms with E-state index in [1.165, 1.54) is 0 Å². The highest BCUT2D eigenvalue weighted by molar-refractivity contribution is 5.13. The van der Waals surface area contributed by atoms with E-state index in [9.17, 15) is 0 Å². The van der Waals surface area contributed by atoms with Crippen LogP contribution in [0.25, 0.3) is 0 Å². The van der Waals surface area contributed by atoms with Gasteiger partial charge in [-0.2, -0.15) is 0 Å². The van der Waals surface area contributed by atoms with Crippen molar-refractivity contribution in [2.24, 2.45) is 0 Å². The lowest BCUT2D eigenvalue weighted by Crippen LogP contribution is -1.62. The third kappa shape index (κ3) is 5.92. The predicted octanol–water partition coefficient (Wildman–Crippen LogP) is 3.95. The maximum atomic E-state index is 2.20. The van der Waals surface area contributed by atoms with Gasteiger partial charge in [-0.15, -0.1) is 0 Å². The molecule has 0 saturated heterocycles. The summed E-state index contributed by atoms with van der Waals surface area (Å²) in [6.45, 7) is 0. The van der Waals surface area contributed by atoms with E-state index in [4.69, 9.17) is 0 Å². The van der Waals surface area contributed by atoms with Crippen molar-refractivity contribution < 1.29 is 0 Å². The number of rotatable bonds is 0. The molecule has 0 unspecified atom stereocenters. The van der Waals surface area contributed by atoms with Crippen molar-refractivity contribution in [2.75, 3.05) is 0 Å². The first-order chi connectivity index (χ1) is 6.50. The molecule has 1 aliphatic carbocycles. The second kappa shape index (κ2) is 7.35. The first-order valence-electron chi connectivity index (χ1n) is 4.80. The Bertz CT molecular complexity index is 249. The summed E-state index contributed by atoms with van der Waals surface area (Å²) < 4.78 is 0. The summed E-state index contributed by atoms with van der Waals surface area (Å²) in [4.78, 5) is 0. The molecule has 0 bridgehead atoms. The van der Waals surface area contributed by atoms with Crippen molar-refractivity contribution in [1.82, 2.24) is 0 Å². The molecule has 0 saturated carbocycles. The Morgan fingerprint density at radius 1 is 0.462 bits per heavy atom. The van der Waals surface area contributed by atoms with Crippen molar-refractivity contribution in [3.8, 4) is 0 Å². The molecule has 0 fully saturated rings. The molecule has 0 atom stereocenters. The van der Waals surface area contributed by atoms with Crippen LogP contribution in [0, 0.1) is 0 Å². The molecule has 0 N–H and O–H groups in total. The maximum Gasteiger partial charge on any atom is -0.0163 e. The van der Waals surface area contributed by atoms with Gasteiger partial charge >= 0.3 is 0 Å². The van der Waals surface area contributed by atoms with Gasteiger partial charge in [-0.1, -0.05) is 60.8 Å². The largest absolute Gasteiger partial charge is 0.0842 e. The lowest BCUT2D eigenvalue weighted by molar-refractivity contribution is 1.05. The normalized spacial score (nSPS) is 25.2. The molecule has 68 valence electrons. The number of hydrogen-bond donors (Lipinski definition) is 0. The molecule has 0 amide bonds. The van der Waals surface area contributed by atoms with Crippen LogP contribution >= 0.6 is 0 Å². The summed E-state index contributed by atoms with van der Waals surface area (Å²) in [5.41, 5.74) is 0. The quantitative estimate of drug-likeness (QED) is 0.519. The van der Waals surface area contributed by atoms with Crippen LogP contribution in [0.15, 0.2) is 60.8 Å². The van der Waals surface area contributed by atoms with Gasteiger partial charge in [-0.25, -0.2) is 0 Å². The Kier molecular flexibility index (Phi) is 5.54. The zero-order valence-corrected chi connectivity index (χ0v) is 7.89.